The Morgan fingerprint density at radius 3 is 2.46 bits per heavy atom. The zero-order chi connectivity index (χ0) is 29.0. The number of aldehydes is 1. The van der Waals surface area contributed by atoms with E-state index in [0.717, 1.165) is 72.5 Å². The molecule has 1 spiro atoms. The SMILES string of the molecule is Cc1c(COc2cc(O)c(C=O)cc2Cl)cccc1-c1cccc(OCCCN2CCC3(CC2)CC(C#N)C3)c1C. The van der Waals surface area contributed by atoms with Gasteiger partial charge in [-0.3, -0.25) is 4.79 Å². The van der Waals surface area contributed by atoms with E-state index >= 15 is 0 Å². The first kappa shape index (κ1) is 29.0. The molecule has 41 heavy (non-hydrogen) atoms. The van der Waals surface area contributed by atoms with E-state index in [-0.39, 0.29) is 28.9 Å². The number of likely N-dealkylation sites (tertiary alicyclic amines) is 1. The van der Waals surface area contributed by atoms with Crippen molar-refractivity contribution in [2.45, 2.75) is 52.6 Å². The molecule has 0 radical (unpaired) electrons. The topological polar surface area (TPSA) is 82.8 Å². The fraction of sp³-hybridized carbons (Fsp3) is 0.412. The third kappa shape index (κ3) is 6.37. The molecular formula is C34H37ClN2O4. The van der Waals surface area contributed by atoms with Crippen molar-refractivity contribution >= 4 is 17.9 Å². The molecule has 1 saturated carbocycles. The summed E-state index contributed by atoms with van der Waals surface area (Å²) in [5.74, 6) is 1.35. The van der Waals surface area contributed by atoms with Gasteiger partial charge in [0.05, 0.1) is 23.3 Å². The quantitative estimate of drug-likeness (QED) is 0.200. The highest BCUT2D eigenvalue weighted by atomic mass is 35.5. The average Bonchev–Trinajstić information content (AvgIpc) is 2.96. The molecule has 0 bridgehead atoms. The summed E-state index contributed by atoms with van der Waals surface area (Å²) < 4.78 is 12.2. The van der Waals surface area contributed by atoms with Crippen molar-refractivity contribution in [3.63, 3.8) is 0 Å². The molecule has 1 heterocycles. The van der Waals surface area contributed by atoms with Crippen LogP contribution in [0.4, 0.5) is 0 Å². The number of halogens is 1. The molecule has 7 heteroatoms. The smallest absolute Gasteiger partial charge is 0.153 e. The molecule has 0 unspecified atom stereocenters. The molecule has 214 valence electrons. The van der Waals surface area contributed by atoms with Gasteiger partial charge in [-0.2, -0.15) is 5.26 Å². The number of hydrogen-bond donors (Lipinski definition) is 1. The summed E-state index contributed by atoms with van der Waals surface area (Å²) in [4.78, 5) is 13.6. The Hall–Kier alpha value is -3.53. The first-order valence-electron chi connectivity index (χ1n) is 14.4. The minimum absolute atomic E-state index is 0.127. The van der Waals surface area contributed by atoms with Crippen LogP contribution >= 0.6 is 11.6 Å². The van der Waals surface area contributed by atoms with Crippen LogP contribution in [0, 0.1) is 36.5 Å². The number of benzene rings is 3. The molecule has 2 fully saturated rings. The molecule has 3 aromatic rings. The average molecular weight is 573 g/mol. The lowest BCUT2D eigenvalue weighted by atomic mass is 9.58. The second-order valence-corrected chi connectivity index (χ2v) is 12.0. The number of nitriles is 1. The maximum Gasteiger partial charge on any atom is 0.153 e. The number of aromatic hydroxyl groups is 1. The minimum atomic E-state index is -0.162. The Labute approximate surface area is 247 Å². The van der Waals surface area contributed by atoms with Gasteiger partial charge in [-0.15, -0.1) is 0 Å². The maximum atomic E-state index is 11.0. The molecule has 0 atom stereocenters. The molecule has 0 aromatic heterocycles. The Balaban J connectivity index is 1.17. The molecule has 2 aliphatic rings. The van der Waals surface area contributed by atoms with Gasteiger partial charge in [0.1, 0.15) is 23.9 Å². The van der Waals surface area contributed by atoms with Gasteiger partial charge in [-0.05, 0) is 104 Å². The Kier molecular flexibility index (Phi) is 8.87. The highest BCUT2D eigenvalue weighted by molar-refractivity contribution is 6.32. The normalized spacial score (nSPS) is 16.6. The largest absolute Gasteiger partial charge is 0.507 e. The molecule has 0 amide bonds. The molecule has 5 rings (SSSR count). The van der Waals surface area contributed by atoms with E-state index in [2.05, 4.69) is 36.9 Å². The molecular weight excluding hydrogens is 536 g/mol. The van der Waals surface area contributed by atoms with E-state index in [1.54, 1.807) is 0 Å². The fourth-order valence-corrected chi connectivity index (χ4v) is 6.55. The summed E-state index contributed by atoms with van der Waals surface area (Å²) in [6.07, 6.45) is 6.18. The number of carbonyl (C=O) groups excluding carboxylic acids is 1. The Morgan fingerprint density at radius 1 is 1.05 bits per heavy atom. The fourth-order valence-electron chi connectivity index (χ4n) is 6.32. The van der Waals surface area contributed by atoms with Gasteiger partial charge in [-0.1, -0.05) is 41.9 Å². The Bertz CT molecular complexity index is 1450. The van der Waals surface area contributed by atoms with Crippen LogP contribution in [0.5, 0.6) is 17.2 Å². The number of nitrogens with zero attached hydrogens (tertiary/aromatic N) is 2. The number of rotatable bonds is 10. The first-order valence-corrected chi connectivity index (χ1v) is 14.7. The number of piperidine rings is 1. The van der Waals surface area contributed by atoms with Crippen molar-refractivity contribution in [1.29, 1.82) is 5.26 Å². The number of carbonyl (C=O) groups is 1. The lowest BCUT2D eigenvalue weighted by molar-refractivity contribution is 0.00611. The number of ether oxygens (including phenoxy) is 2. The zero-order valence-corrected chi connectivity index (χ0v) is 24.5. The highest BCUT2D eigenvalue weighted by Crippen LogP contribution is 2.52. The van der Waals surface area contributed by atoms with Crippen molar-refractivity contribution in [1.82, 2.24) is 4.90 Å². The first-order chi connectivity index (χ1) is 19.8. The minimum Gasteiger partial charge on any atom is -0.507 e. The summed E-state index contributed by atoms with van der Waals surface area (Å²) in [7, 11) is 0. The standard InChI is InChI=1S/C34H37ClN2O4/c1-23-26(22-41-33-17-31(39)27(21-38)16-30(33)35)6-3-7-28(23)29-8-4-9-32(24(29)2)40-15-5-12-37-13-10-34(11-14-37)18-25(19-34)20-36/h3-4,6-9,16-17,21,25,39H,5,10-15,18-19,22H2,1-2H3. The van der Waals surface area contributed by atoms with Gasteiger partial charge in [0.25, 0.3) is 0 Å². The van der Waals surface area contributed by atoms with Crippen molar-refractivity contribution in [3.05, 3.63) is 75.8 Å². The molecule has 6 nitrogen and oxygen atoms in total. The van der Waals surface area contributed by atoms with E-state index in [1.165, 1.54) is 25.0 Å². The third-order valence-corrected chi connectivity index (χ3v) is 9.24. The lowest BCUT2D eigenvalue weighted by Gasteiger charge is -2.50. The summed E-state index contributed by atoms with van der Waals surface area (Å²) in [5, 5.41) is 19.4. The van der Waals surface area contributed by atoms with Gasteiger partial charge >= 0.3 is 0 Å². The van der Waals surface area contributed by atoms with E-state index in [4.69, 9.17) is 26.3 Å². The van der Waals surface area contributed by atoms with Crippen LogP contribution in [0.25, 0.3) is 11.1 Å². The molecule has 1 saturated heterocycles. The van der Waals surface area contributed by atoms with Crippen LogP contribution in [0.3, 0.4) is 0 Å². The van der Waals surface area contributed by atoms with E-state index < -0.39 is 0 Å². The Morgan fingerprint density at radius 2 is 1.76 bits per heavy atom. The molecule has 1 aliphatic carbocycles. The number of phenolic OH excluding ortho intramolecular Hbond substituents is 1. The van der Waals surface area contributed by atoms with Crippen LogP contribution in [-0.4, -0.2) is 42.5 Å². The maximum absolute atomic E-state index is 11.0. The third-order valence-electron chi connectivity index (χ3n) is 8.95. The van der Waals surface area contributed by atoms with Gasteiger partial charge < -0.3 is 19.5 Å². The van der Waals surface area contributed by atoms with Crippen molar-refractivity contribution in [2.24, 2.45) is 11.3 Å². The van der Waals surface area contributed by atoms with Crippen LogP contribution in [0.2, 0.25) is 5.02 Å². The predicted molar refractivity (Wildman–Crippen MR) is 161 cm³/mol. The highest BCUT2D eigenvalue weighted by Gasteiger charge is 2.45. The van der Waals surface area contributed by atoms with Gasteiger partial charge in [0, 0.05) is 18.5 Å². The van der Waals surface area contributed by atoms with Crippen LogP contribution in [0.1, 0.15) is 59.2 Å². The number of hydrogen-bond acceptors (Lipinski definition) is 6. The second kappa shape index (κ2) is 12.5. The monoisotopic (exact) mass is 572 g/mol. The predicted octanol–water partition coefficient (Wildman–Crippen LogP) is 7.51. The van der Waals surface area contributed by atoms with Crippen molar-refractivity contribution < 1.29 is 19.4 Å². The summed E-state index contributed by atoms with van der Waals surface area (Å²) in [5.41, 5.74) is 5.99. The molecule has 1 N–H and O–H groups in total. The van der Waals surface area contributed by atoms with Crippen LogP contribution in [-0.2, 0) is 6.61 Å². The summed E-state index contributed by atoms with van der Waals surface area (Å²) in [6, 6.07) is 17.5. The number of phenols is 1. The molecule has 3 aromatic carbocycles. The van der Waals surface area contributed by atoms with Crippen molar-refractivity contribution in [3.8, 4) is 34.4 Å². The van der Waals surface area contributed by atoms with Crippen molar-refractivity contribution in [2.75, 3.05) is 26.2 Å². The van der Waals surface area contributed by atoms with Crippen LogP contribution < -0.4 is 9.47 Å². The zero-order valence-electron chi connectivity index (χ0n) is 23.8. The summed E-state index contributed by atoms with van der Waals surface area (Å²) in [6.45, 7) is 8.41. The van der Waals surface area contributed by atoms with Gasteiger partial charge in [0.15, 0.2) is 6.29 Å². The van der Waals surface area contributed by atoms with Gasteiger partial charge in [-0.25, -0.2) is 0 Å². The van der Waals surface area contributed by atoms with Gasteiger partial charge in [0.2, 0.25) is 0 Å². The van der Waals surface area contributed by atoms with E-state index in [1.807, 2.05) is 24.3 Å². The molecule has 1 aliphatic heterocycles. The van der Waals surface area contributed by atoms with E-state index in [9.17, 15) is 9.90 Å². The summed E-state index contributed by atoms with van der Waals surface area (Å²) >= 11 is 6.26. The lowest BCUT2D eigenvalue weighted by Crippen LogP contribution is -2.47. The second-order valence-electron chi connectivity index (χ2n) is 11.5. The van der Waals surface area contributed by atoms with E-state index in [0.29, 0.717) is 24.1 Å². The van der Waals surface area contributed by atoms with Crippen LogP contribution in [0.15, 0.2) is 48.5 Å².